The number of aromatic amines is 1. The molecule has 0 radical (unpaired) electrons. The van der Waals surface area contributed by atoms with Crippen LogP contribution < -0.4 is 0 Å². The van der Waals surface area contributed by atoms with Crippen LogP contribution in [0.1, 0.15) is 10.4 Å². The Morgan fingerprint density at radius 3 is 2.88 bits per heavy atom. The Hall–Kier alpha value is -1.75. The molecule has 0 atom stereocenters. The second-order valence-corrected chi connectivity index (χ2v) is 4.95. The quantitative estimate of drug-likeness (QED) is 0.699. The van der Waals surface area contributed by atoms with E-state index in [1.165, 1.54) is 16.8 Å². The average molecular weight is 230 g/mol. The van der Waals surface area contributed by atoms with Gasteiger partial charge in [0.25, 0.3) is 0 Å². The van der Waals surface area contributed by atoms with Gasteiger partial charge < -0.3 is 4.98 Å². The van der Waals surface area contributed by atoms with Gasteiger partial charge in [-0.3, -0.25) is 0 Å². The summed E-state index contributed by atoms with van der Waals surface area (Å²) in [5.74, 6) is 0.872. The van der Waals surface area contributed by atoms with Crippen molar-refractivity contribution in [1.82, 2.24) is 19.9 Å². The summed E-state index contributed by atoms with van der Waals surface area (Å²) in [6, 6.07) is 2.14. The number of nitrogens with zero attached hydrogens (tertiary/aromatic N) is 3. The molecule has 4 nitrogen and oxygen atoms in total. The van der Waals surface area contributed by atoms with Crippen molar-refractivity contribution in [2.75, 3.05) is 0 Å². The van der Waals surface area contributed by atoms with Crippen LogP contribution in [0.2, 0.25) is 0 Å². The molecular formula is C11H10N4S. The molecule has 0 aliphatic carbocycles. The molecule has 3 rings (SSSR count). The second-order valence-electron chi connectivity index (χ2n) is 3.70. The van der Waals surface area contributed by atoms with Crippen LogP contribution in [0.3, 0.4) is 0 Å². The van der Waals surface area contributed by atoms with Crippen molar-refractivity contribution in [1.29, 1.82) is 0 Å². The summed E-state index contributed by atoms with van der Waals surface area (Å²) in [5.41, 5.74) is 2.89. The molecule has 3 aromatic heterocycles. The molecule has 0 bridgehead atoms. The van der Waals surface area contributed by atoms with Gasteiger partial charge in [0, 0.05) is 4.88 Å². The fraction of sp³-hybridized carbons (Fsp3) is 0.182. The number of rotatable bonds is 1. The summed E-state index contributed by atoms with van der Waals surface area (Å²) in [6.45, 7) is 4.23. The third kappa shape index (κ3) is 1.40. The van der Waals surface area contributed by atoms with Gasteiger partial charge >= 0.3 is 0 Å². The highest BCUT2D eigenvalue weighted by molar-refractivity contribution is 7.15. The lowest BCUT2D eigenvalue weighted by molar-refractivity contribution is 1.20. The van der Waals surface area contributed by atoms with Crippen LogP contribution >= 0.6 is 11.3 Å². The molecule has 0 spiro atoms. The first-order valence-corrected chi connectivity index (χ1v) is 5.79. The van der Waals surface area contributed by atoms with Gasteiger partial charge in [-0.1, -0.05) is 0 Å². The molecule has 0 fully saturated rings. The topological polar surface area (TPSA) is 54.5 Å². The molecule has 5 heteroatoms. The Morgan fingerprint density at radius 2 is 2.19 bits per heavy atom. The first-order chi connectivity index (χ1) is 7.74. The lowest BCUT2D eigenvalue weighted by Gasteiger charge is -1.86. The highest BCUT2D eigenvalue weighted by Gasteiger charge is 2.09. The average Bonchev–Trinajstić information content (AvgIpc) is 2.83. The number of fused-ring (bicyclic) bond motifs is 1. The fourth-order valence-corrected chi connectivity index (χ4v) is 2.55. The number of nitrogens with one attached hydrogen (secondary N) is 1. The molecule has 0 amide bonds. The summed E-state index contributed by atoms with van der Waals surface area (Å²) in [7, 11) is 0. The maximum Gasteiger partial charge on any atom is 0.181 e. The maximum absolute atomic E-state index is 4.44. The zero-order valence-electron chi connectivity index (χ0n) is 8.98. The summed E-state index contributed by atoms with van der Waals surface area (Å²) in [6.07, 6.45) is 3.25. The minimum absolute atomic E-state index is 0.716. The van der Waals surface area contributed by atoms with E-state index in [-0.39, 0.29) is 0 Å². The zero-order chi connectivity index (χ0) is 11.1. The van der Waals surface area contributed by atoms with Crippen molar-refractivity contribution in [3.8, 4) is 10.7 Å². The first-order valence-electron chi connectivity index (χ1n) is 4.97. The summed E-state index contributed by atoms with van der Waals surface area (Å²) < 4.78 is 0. The summed E-state index contributed by atoms with van der Waals surface area (Å²) in [5, 5.41) is 0. The number of aromatic nitrogens is 4. The van der Waals surface area contributed by atoms with E-state index in [1.807, 2.05) is 0 Å². The van der Waals surface area contributed by atoms with E-state index >= 15 is 0 Å². The number of H-pyrrole nitrogens is 1. The van der Waals surface area contributed by atoms with Gasteiger partial charge in [-0.2, -0.15) is 0 Å². The van der Waals surface area contributed by atoms with Gasteiger partial charge in [-0.05, 0) is 25.5 Å². The van der Waals surface area contributed by atoms with Crippen LogP contribution in [0.5, 0.6) is 0 Å². The lowest BCUT2D eigenvalue weighted by Crippen LogP contribution is -1.76. The first kappa shape index (κ1) is 9.47. The van der Waals surface area contributed by atoms with E-state index < -0.39 is 0 Å². The monoisotopic (exact) mass is 230 g/mol. The van der Waals surface area contributed by atoms with E-state index in [1.54, 1.807) is 17.5 Å². The van der Waals surface area contributed by atoms with Gasteiger partial charge in [-0.25, -0.2) is 15.0 Å². The Kier molecular flexibility index (Phi) is 2.00. The van der Waals surface area contributed by atoms with Crippen molar-refractivity contribution < 1.29 is 0 Å². The fourth-order valence-electron chi connectivity index (χ4n) is 1.57. The molecule has 1 N–H and O–H groups in total. The molecule has 0 aromatic carbocycles. The van der Waals surface area contributed by atoms with E-state index in [9.17, 15) is 0 Å². The van der Waals surface area contributed by atoms with Crippen LogP contribution in [0.25, 0.3) is 21.9 Å². The second kappa shape index (κ2) is 3.38. The lowest BCUT2D eigenvalue weighted by atomic mass is 10.3. The molecule has 3 heterocycles. The predicted molar refractivity (Wildman–Crippen MR) is 64.5 cm³/mol. The third-order valence-corrected chi connectivity index (χ3v) is 3.72. The van der Waals surface area contributed by atoms with Gasteiger partial charge in [0.1, 0.15) is 11.8 Å². The molecule has 80 valence electrons. The van der Waals surface area contributed by atoms with Crippen LogP contribution in [0, 0.1) is 13.8 Å². The molecule has 16 heavy (non-hydrogen) atoms. The Balaban J connectivity index is 2.18. The highest BCUT2D eigenvalue weighted by Crippen LogP contribution is 2.29. The largest absolute Gasteiger partial charge is 0.335 e. The number of hydrogen-bond acceptors (Lipinski definition) is 4. The molecule has 0 unspecified atom stereocenters. The Bertz CT molecular complexity index is 600. The van der Waals surface area contributed by atoms with Crippen molar-refractivity contribution in [2.24, 2.45) is 0 Å². The van der Waals surface area contributed by atoms with Gasteiger partial charge in [-0.15, -0.1) is 11.3 Å². The molecular weight excluding hydrogens is 220 g/mol. The van der Waals surface area contributed by atoms with Gasteiger partial charge in [0.05, 0.1) is 11.1 Å². The summed E-state index contributed by atoms with van der Waals surface area (Å²) in [4.78, 5) is 18.2. The SMILES string of the molecule is Cc1cc(-c2nc3ncncc3[nH]2)sc1C. The van der Waals surface area contributed by atoms with Gasteiger partial charge in [0.15, 0.2) is 11.5 Å². The number of thiophene rings is 1. The number of imidazole rings is 1. The van der Waals surface area contributed by atoms with Gasteiger partial charge in [0.2, 0.25) is 0 Å². The minimum atomic E-state index is 0.716. The van der Waals surface area contributed by atoms with E-state index in [0.717, 1.165) is 16.2 Å². The van der Waals surface area contributed by atoms with E-state index in [2.05, 4.69) is 39.8 Å². The molecule has 0 saturated heterocycles. The molecule has 0 aliphatic rings. The van der Waals surface area contributed by atoms with Crippen LogP contribution in [-0.4, -0.2) is 19.9 Å². The molecule has 0 aliphatic heterocycles. The smallest absolute Gasteiger partial charge is 0.181 e. The Labute approximate surface area is 96.4 Å². The molecule has 0 saturated carbocycles. The maximum atomic E-state index is 4.44. The highest BCUT2D eigenvalue weighted by atomic mass is 32.1. The van der Waals surface area contributed by atoms with Crippen LogP contribution in [-0.2, 0) is 0 Å². The van der Waals surface area contributed by atoms with Crippen LogP contribution in [0.4, 0.5) is 0 Å². The van der Waals surface area contributed by atoms with Crippen molar-refractivity contribution in [3.63, 3.8) is 0 Å². The predicted octanol–water partition coefficient (Wildman–Crippen LogP) is 2.70. The summed E-state index contributed by atoms with van der Waals surface area (Å²) >= 11 is 1.74. The minimum Gasteiger partial charge on any atom is -0.335 e. The standard InChI is InChI=1S/C11H10N4S/c1-6-3-9(16-7(6)2)11-14-8-4-12-5-13-10(8)15-11/h3-5H,1-2H3,(H,12,13,14,15). The van der Waals surface area contributed by atoms with E-state index in [0.29, 0.717) is 5.65 Å². The number of hydrogen-bond donors (Lipinski definition) is 1. The Morgan fingerprint density at radius 1 is 1.31 bits per heavy atom. The van der Waals surface area contributed by atoms with Crippen molar-refractivity contribution >= 4 is 22.5 Å². The zero-order valence-corrected chi connectivity index (χ0v) is 9.80. The van der Waals surface area contributed by atoms with Crippen molar-refractivity contribution in [2.45, 2.75) is 13.8 Å². The van der Waals surface area contributed by atoms with Crippen molar-refractivity contribution in [3.05, 3.63) is 29.0 Å². The van der Waals surface area contributed by atoms with E-state index in [4.69, 9.17) is 0 Å². The van der Waals surface area contributed by atoms with Crippen LogP contribution in [0.15, 0.2) is 18.6 Å². The normalized spacial score (nSPS) is 11.1. The third-order valence-electron chi connectivity index (χ3n) is 2.56. The molecule has 3 aromatic rings. The number of aryl methyl sites for hydroxylation is 2.